The summed E-state index contributed by atoms with van der Waals surface area (Å²) < 4.78 is 67.5. The zero-order valence-electron chi connectivity index (χ0n) is 15.3. The first-order valence-electron chi connectivity index (χ1n) is 8.92. The molecule has 0 saturated carbocycles. The second-order valence-corrected chi connectivity index (χ2v) is 8.43. The molecule has 1 amide bonds. The maximum Gasteiger partial charge on any atom is 0.417 e. The normalized spacial score (nSPS) is 15.9. The molecule has 6 nitrogen and oxygen atoms in total. The van der Waals surface area contributed by atoms with Crippen molar-refractivity contribution in [2.45, 2.75) is 23.9 Å². The summed E-state index contributed by atoms with van der Waals surface area (Å²) in [5.41, 5.74) is 4.81. The molecule has 3 N–H and O–H groups in total. The van der Waals surface area contributed by atoms with Crippen molar-refractivity contribution < 1.29 is 26.4 Å². The number of nitrogens with zero attached hydrogens (tertiary/aromatic N) is 1. The van der Waals surface area contributed by atoms with E-state index in [4.69, 9.17) is 5.73 Å². The molecule has 0 aromatic heterocycles. The van der Waals surface area contributed by atoms with Gasteiger partial charge in [-0.2, -0.15) is 13.2 Å². The maximum absolute atomic E-state index is 13.3. The molecule has 0 atom stereocenters. The molecule has 0 aliphatic carbocycles. The third-order valence-corrected chi connectivity index (χ3v) is 6.29. The molecule has 3 rings (SSSR count). The number of anilines is 2. The molecule has 1 saturated heterocycles. The maximum atomic E-state index is 13.3. The van der Waals surface area contributed by atoms with Gasteiger partial charge in [0.05, 0.1) is 21.8 Å². The second-order valence-electron chi connectivity index (χ2n) is 6.78. The number of halogens is 3. The number of nitrogens with one attached hydrogen (secondary N) is 1. The molecule has 0 spiro atoms. The van der Waals surface area contributed by atoms with Gasteiger partial charge in [0, 0.05) is 19.0 Å². The van der Waals surface area contributed by atoms with E-state index in [1.54, 1.807) is 18.2 Å². The lowest BCUT2D eigenvalue weighted by Gasteiger charge is -2.33. The Bertz CT molecular complexity index is 1000. The summed E-state index contributed by atoms with van der Waals surface area (Å²) in [6.45, 7) is 0.955. The number of para-hydroxylation sites is 2. The van der Waals surface area contributed by atoms with Gasteiger partial charge in [-0.1, -0.05) is 24.3 Å². The largest absolute Gasteiger partial charge is 0.417 e. The van der Waals surface area contributed by atoms with Crippen LogP contribution in [0.1, 0.15) is 18.4 Å². The fourth-order valence-electron chi connectivity index (χ4n) is 3.38. The van der Waals surface area contributed by atoms with E-state index in [0.717, 1.165) is 18.2 Å². The molecule has 0 unspecified atom stereocenters. The monoisotopic (exact) mass is 427 g/mol. The quantitative estimate of drug-likeness (QED) is 0.767. The molecule has 29 heavy (non-hydrogen) atoms. The lowest BCUT2D eigenvalue weighted by molar-refractivity contribution is -0.139. The first-order chi connectivity index (χ1) is 13.6. The topological polar surface area (TPSA) is 92.5 Å². The number of primary amides is 1. The summed E-state index contributed by atoms with van der Waals surface area (Å²) in [7, 11) is -4.48. The lowest BCUT2D eigenvalue weighted by atomic mass is 9.96. The van der Waals surface area contributed by atoms with E-state index in [9.17, 15) is 26.4 Å². The summed E-state index contributed by atoms with van der Waals surface area (Å²) in [5.74, 6) is -0.615. The van der Waals surface area contributed by atoms with Crippen molar-refractivity contribution in [2.24, 2.45) is 11.7 Å². The van der Waals surface area contributed by atoms with Gasteiger partial charge < -0.3 is 10.6 Å². The highest BCUT2D eigenvalue weighted by molar-refractivity contribution is 7.92. The Morgan fingerprint density at radius 3 is 2.24 bits per heavy atom. The van der Waals surface area contributed by atoms with Gasteiger partial charge in [0.2, 0.25) is 5.91 Å². The summed E-state index contributed by atoms with van der Waals surface area (Å²) in [6, 6.07) is 10.5. The van der Waals surface area contributed by atoms with Crippen LogP contribution >= 0.6 is 0 Å². The Balaban J connectivity index is 1.90. The Labute approximate surface area is 166 Å². The minimum Gasteiger partial charge on any atom is -0.370 e. The molecule has 1 aliphatic heterocycles. The minimum atomic E-state index is -4.80. The highest BCUT2D eigenvalue weighted by Gasteiger charge is 2.37. The van der Waals surface area contributed by atoms with Crippen LogP contribution in [0.25, 0.3) is 0 Å². The van der Waals surface area contributed by atoms with Crippen LogP contribution in [0.15, 0.2) is 53.4 Å². The number of carbonyl (C=O) groups excluding carboxylic acids is 1. The predicted molar refractivity (Wildman–Crippen MR) is 103 cm³/mol. The van der Waals surface area contributed by atoms with Crippen molar-refractivity contribution in [2.75, 3.05) is 22.7 Å². The van der Waals surface area contributed by atoms with Crippen molar-refractivity contribution in [3.63, 3.8) is 0 Å². The Morgan fingerprint density at radius 2 is 1.62 bits per heavy atom. The van der Waals surface area contributed by atoms with Gasteiger partial charge in [0.15, 0.2) is 0 Å². The summed E-state index contributed by atoms with van der Waals surface area (Å²) in [6.07, 6.45) is -3.76. The van der Waals surface area contributed by atoms with Crippen LogP contribution in [0.4, 0.5) is 24.5 Å². The first-order valence-corrected chi connectivity index (χ1v) is 10.4. The summed E-state index contributed by atoms with van der Waals surface area (Å²) in [4.78, 5) is 12.4. The van der Waals surface area contributed by atoms with Crippen molar-refractivity contribution in [3.05, 3.63) is 54.1 Å². The third-order valence-electron chi connectivity index (χ3n) is 4.87. The number of benzene rings is 2. The fraction of sp³-hybridized carbons (Fsp3) is 0.316. The zero-order chi connectivity index (χ0) is 21.2. The Hall–Kier alpha value is -2.75. The van der Waals surface area contributed by atoms with Crippen LogP contribution in [0.3, 0.4) is 0 Å². The van der Waals surface area contributed by atoms with E-state index in [1.807, 2.05) is 4.90 Å². The highest BCUT2D eigenvalue weighted by Crippen LogP contribution is 2.36. The van der Waals surface area contributed by atoms with Gasteiger partial charge >= 0.3 is 6.18 Å². The molecule has 0 bridgehead atoms. The van der Waals surface area contributed by atoms with Crippen molar-refractivity contribution >= 4 is 27.3 Å². The van der Waals surface area contributed by atoms with Crippen LogP contribution in [0, 0.1) is 5.92 Å². The number of sulfonamides is 1. The molecule has 10 heteroatoms. The van der Waals surface area contributed by atoms with Crippen molar-refractivity contribution in [1.82, 2.24) is 0 Å². The Morgan fingerprint density at radius 1 is 1.03 bits per heavy atom. The second kappa shape index (κ2) is 7.94. The molecular weight excluding hydrogens is 407 g/mol. The molecule has 1 aliphatic rings. The predicted octanol–water partition coefficient (Wildman–Crippen LogP) is 3.21. The Kier molecular flexibility index (Phi) is 5.74. The third kappa shape index (κ3) is 4.64. The molecule has 1 fully saturated rings. The highest BCUT2D eigenvalue weighted by atomic mass is 32.2. The van der Waals surface area contributed by atoms with Crippen LogP contribution in [-0.2, 0) is 21.0 Å². The van der Waals surface area contributed by atoms with Gasteiger partial charge in [0.1, 0.15) is 0 Å². The first kappa shape index (κ1) is 21.0. The van der Waals surface area contributed by atoms with Gasteiger partial charge in [-0.3, -0.25) is 9.52 Å². The van der Waals surface area contributed by atoms with E-state index in [-0.39, 0.29) is 17.5 Å². The number of carbonyl (C=O) groups is 1. The van der Waals surface area contributed by atoms with E-state index in [1.165, 1.54) is 12.1 Å². The number of amides is 1. The van der Waals surface area contributed by atoms with Gasteiger partial charge in [0.25, 0.3) is 10.0 Å². The number of nitrogens with two attached hydrogens (primary N) is 1. The van der Waals surface area contributed by atoms with E-state index in [2.05, 4.69) is 4.72 Å². The molecular formula is C19H20F3N3O3S. The lowest BCUT2D eigenvalue weighted by Crippen LogP contribution is -2.38. The van der Waals surface area contributed by atoms with E-state index < -0.39 is 26.7 Å². The summed E-state index contributed by atoms with van der Waals surface area (Å²) >= 11 is 0. The average molecular weight is 427 g/mol. The van der Waals surface area contributed by atoms with Crippen LogP contribution in [0.2, 0.25) is 0 Å². The van der Waals surface area contributed by atoms with Crippen molar-refractivity contribution in [3.8, 4) is 0 Å². The van der Waals surface area contributed by atoms with E-state index >= 15 is 0 Å². The number of piperidine rings is 1. The molecule has 1 heterocycles. The zero-order valence-corrected chi connectivity index (χ0v) is 16.1. The van der Waals surface area contributed by atoms with Gasteiger partial charge in [-0.15, -0.1) is 0 Å². The smallest absolute Gasteiger partial charge is 0.370 e. The number of hydrogen-bond acceptors (Lipinski definition) is 4. The van der Waals surface area contributed by atoms with E-state index in [0.29, 0.717) is 31.6 Å². The standard InChI is InChI=1S/C19H20F3N3O3S/c20-19(21,22)14-5-1-4-8-17(14)29(27,28)24-15-6-2-3-7-16(15)25-11-9-13(10-12-25)18(23)26/h1-8,13,24H,9-12H2,(H2,23,26). The van der Waals surface area contributed by atoms with Crippen LogP contribution < -0.4 is 15.4 Å². The van der Waals surface area contributed by atoms with Crippen LogP contribution in [0.5, 0.6) is 0 Å². The number of rotatable bonds is 5. The minimum absolute atomic E-state index is 0.169. The molecule has 156 valence electrons. The summed E-state index contributed by atoms with van der Waals surface area (Å²) in [5, 5.41) is 0. The fourth-order valence-corrected chi connectivity index (χ4v) is 4.68. The number of hydrogen-bond donors (Lipinski definition) is 2. The molecule has 0 radical (unpaired) electrons. The van der Waals surface area contributed by atoms with Crippen LogP contribution in [-0.4, -0.2) is 27.4 Å². The van der Waals surface area contributed by atoms with Gasteiger partial charge in [-0.25, -0.2) is 8.42 Å². The number of alkyl halides is 3. The SMILES string of the molecule is NC(=O)C1CCN(c2ccccc2NS(=O)(=O)c2ccccc2C(F)(F)F)CC1. The van der Waals surface area contributed by atoms with Gasteiger partial charge in [-0.05, 0) is 37.1 Å². The molecule has 2 aromatic rings. The molecule has 2 aromatic carbocycles. The average Bonchev–Trinajstić information content (AvgIpc) is 2.67. The van der Waals surface area contributed by atoms with Crippen molar-refractivity contribution in [1.29, 1.82) is 0 Å².